The van der Waals surface area contributed by atoms with Crippen molar-refractivity contribution >= 4 is 17.3 Å². The molecule has 0 bridgehead atoms. The maximum absolute atomic E-state index is 10.6. The van der Waals surface area contributed by atoms with E-state index >= 15 is 0 Å². The number of aromatic nitrogens is 6. The Morgan fingerprint density at radius 3 is 2.90 bits per heavy atom. The van der Waals surface area contributed by atoms with Crippen LogP contribution in [-0.4, -0.2) is 40.4 Å². The second-order valence-corrected chi connectivity index (χ2v) is 7.82. The zero-order valence-corrected chi connectivity index (χ0v) is 17.1. The molecule has 0 atom stereocenters. The predicted molar refractivity (Wildman–Crippen MR) is 107 cm³/mol. The Morgan fingerprint density at radius 1 is 1.28 bits per heavy atom. The predicted octanol–water partition coefficient (Wildman–Crippen LogP) is 3.29. The molecule has 0 aliphatic carbocycles. The Kier molecular flexibility index (Phi) is 5.40. The average Bonchev–Trinajstić information content (AvgIpc) is 3.36. The van der Waals surface area contributed by atoms with E-state index in [1.165, 1.54) is 11.8 Å². The number of aliphatic hydroxyl groups excluding tert-OH is 1. The summed E-state index contributed by atoms with van der Waals surface area (Å²) in [6.45, 7) is 2.63. The molecule has 3 aromatic rings. The second-order valence-electron chi connectivity index (χ2n) is 6.88. The third-order valence-corrected chi connectivity index (χ3v) is 6.04. The normalized spacial score (nSPS) is 14.8. The number of nitriles is 1. The minimum absolute atomic E-state index is 0.0408. The number of hydrogen-bond acceptors (Lipinski definition) is 8. The van der Waals surface area contributed by atoms with Crippen molar-refractivity contribution in [1.29, 1.82) is 5.26 Å². The molecule has 0 radical (unpaired) electrons. The molecular weight excluding hydrogens is 390 g/mol. The van der Waals surface area contributed by atoms with Crippen molar-refractivity contribution in [2.45, 2.75) is 44.3 Å². The van der Waals surface area contributed by atoms with Gasteiger partial charge in [0.15, 0.2) is 16.8 Å². The molecule has 4 heterocycles. The third-order valence-electron chi connectivity index (χ3n) is 5.01. The van der Waals surface area contributed by atoms with Gasteiger partial charge in [0.25, 0.3) is 0 Å². The van der Waals surface area contributed by atoms with Crippen LogP contribution in [0.1, 0.15) is 36.7 Å². The van der Waals surface area contributed by atoms with Gasteiger partial charge in [-0.25, -0.2) is 0 Å². The molecule has 0 aromatic carbocycles. The van der Waals surface area contributed by atoms with Crippen LogP contribution < -0.4 is 0 Å². The number of fused-ring (bicyclic) bond motifs is 1. The summed E-state index contributed by atoms with van der Waals surface area (Å²) in [4.78, 5) is 0. The first-order chi connectivity index (χ1) is 14.1. The summed E-state index contributed by atoms with van der Waals surface area (Å²) < 4.78 is 9.13. The number of rotatable bonds is 5. The Labute approximate surface area is 172 Å². The smallest absolute Gasteiger partial charge is 0.191 e. The van der Waals surface area contributed by atoms with Crippen LogP contribution in [0.2, 0.25) is 0 Å². The summed E-state index contributed by atoms with van der Waals surface area (Å²) in [7, 11) is 1.86. The van der Waals surface area contributed by atoms with E-state index in [0.717, 1.165) is 49.4 Å². The van der Waals surface area contributed by atoms with Gasteiger partial charge in [0, 0.05) is 20.0 Å². The highest BCUT2D eigenvalue weighted by Gasteiger charge is 2.21. The zero-order chi connectivity index (χ0) is 20.4. The summed E-state index contributed by atoms with van der Waals surface area (Å²) in [6.07, 6.45) is 5.66. The summed E-state index contributed by atoms with van der Waals surface area (Å²) in [5.41, 5.74) is 1.03. The molecule has 0 unspecified atom stereocenters. The summed E-state index contributed by atoms with van der Waals surface area (Å²) in [5.74, 6) is 2.90. The van der Waals surface area contributed by atoms with Gasteiger partial charge in [-0.05, 0) is 25.8 Å². The van der Waals surface area contributed by atoms with E-state index in [-0.39, 0.29) is 17.1 Å². The Hall–Kier alpha value is -3.06. The van der Waals surface area contributed by atoms with Crippen molar-refractivity contribution in [2.24, 2.45) is 7.05 Å². The van der Waals surface area contributed by atoms with Crippen molar-refractivity contribution in [3.05, 3.63) is 35.5 Å². The van der Waals surface area contributed by atoms with Crippen LogP contribution in [0.25, 0.3) is 17.0 Å². The second kappa shape index (κ2) is 8.13. The minimum Gasteiger partial charge on any atom is -0.510 e. The molecule has 9 nitrogen and oxygen atoms in total. The maximum Gasteiger partial charge on any atom is 0.191 e. The average molecular weight is 411 g/mol. The van der Waals surface area contributed by atoms with Crippen molar-refractivity contribution in [3.63, 3.8) is 0 Å². The van der Waals surface area contributed by atoms with Gasteiger partial charge in [0.2, 0.25) is 0 Å². The molecule has 0 fully saturated rings. The van der Waals surface area contributed by atoms with E-state index in [2.05, 4.69) is 26.5 Å². The Bertz CT molecular complexity index is 1100. The summed E-state index contributed by atoms with van der Waals surface area (Å²) in [6, 6.07) is 3.94. The quantitative estimate of drug-likeness (QED) is 0.386. The van der Waals surface area contributed by atoms with Gasteiger partial charge in [0.05, 0.1) is 17.6 Å². The van der Waals surface area contributed by atoms with Gasteiger partial charge in [-0.1, -0.05) is 18.2 Å². The highest BCUT2D eigenvalue weighted by atomic mass is 32.2. The lowest BCUT2D eigenvalue weighted by molar-refractivity contribution is 0.419. The van der Waals surface area contributed by atoms with Gasteiger partial charge in [0.1, 0.15) is 29.0 Å². The zero-order valence-electron chi connectivity index (χ0n) is 16.3. The van der Waals surface area contributed by atoms with E-state index in [0.29, 0.717) is 16.8 Å². The molecule has 4 rings (SSSR count). The van der Waals surface area contributed by atoms with Gasteiger partial charge < -0.3 is 18.7 Å². The first-order valence-electron chi connectivity index (χ1n) is 9.41. The Balaban J connectivity index is 1.56. The van der Waals surface area contributed by atoms with E-state index in [1.807, 2.05) is 29.2 Å². The highest BCUT2D eigenvalue weighted by molar-refractivity contribution is 7.99. The van der Waals surface area contributed by atoms with Crippen LogP contribution >= 0.6 is 11.8 Å². The molecule has 0 saturated heterocycles. The van der Waals surface area contributed by atoms with Gasteiger partial charge in [-0.15, -0.1) is 20.4 Å². The SMILES string of the molecule is Cc1occc1-c1nnc(SC/C(O)=C(\C#N)c2nnc3n2CCCCC3)n1C. The van der Waals surface area contributed by atoms with Crippen molar-refractivity contribution < 1.29 is 9.52 Å². The molecule has 1 aliphatic heterocycles. The van der Waals surface area contributed by atoms with E-state index in [4.69, 9.17) is 4.42 Å². The molecule has 3 aromatic heterocycles. The van der Waals surface area contributed by atoms with Crippen LogP contribution in [-0.2, 0) is 20.0 Å². The van der Waals surface area contributed by atoms with Crippen LogP contribution in [0, 0.1) is 18.3 Å². The molecule has 1 N–H and O–H groups in total. The molecule has 0 spiro atoms. The number of allylic oxidation sites excluding steroid dienone is 1. The van der Waals surface area contributed by atoms with E-state index in [1.54, 1.807) is 6.26 Å². The Morgan fingerprint density at radius 2 is 2.14 bits per heavy atom. The van der Waals surface area contributed by atoms with E-state index in [9.17, 15) is 10.4 Å². The molecule has 10 heteroatoms. The van der Waals surface area contributed by atoms with E-state index < -0.39 is 0 Å². The molecule has 29 heavy (non-hydrogen) atoms. The first kappa shape index (κ1) is 19.3. The topological polar surface area (TPSA) is 119 Å². The molecular formula is C19H21N7O2S. The number of thioether (sulfide) groups is 1. The van der Waals surface area contributed by atoms with Gasteiger partial charge in [-0.3, -0.25) is 0 Å². The van der Waals surface area contributed by atoms with Crippen molar-refractivity contribution in [2.75, 3.05) is 5.75 Å². The molecule has 1 aliphatic rings. The number of aryl methyl sites for hydroxylation is 2. The monoisotopic (exact) mass is 411 g/mol. The summed E-state index contributed by atoms with van der Waals surface area (Å²) in [5, 5.41) is 37.7. The fraction of sp³-hybridized carbons (Fsp3) is 0.421. The lowest BCUT2D eigenvalue weighted by Crippen LogP contribution is -2.07. The number of nitrogens with zero attached hydrogens (tertiary/aromatic N) is 7. The first-order valence-corrected chi connectivity index (χ1v) is 10.4. The maximum atomic E-state index is 10.6. The van der Waals surface area contributed by atoms with Crippen molar-refractivity contribution in [1.82, 2.24) is 29.5 Å². The highest BCUT2D eigenvalue weighted by Crippen LogP contribution is 2.28. The van der Waals surface area contributed by atoms with Gasteiger partial charge >= 0.3 is 0 Å². The number of furan rings is 1. The van der Waals surface area contributed by atoms with Crippen LogP contribution in [0.15, 0.2) is 27.7 Å². The molecule has 150 valence electrons. The summed E-state index contributed by atoms with van der Waals surface area (Å²) >= 11 is 1.30. The van der Waals surface area contributed by atoms with Crippen LogP contribution in [0.4, 0.5) is 0 Å². The number of hydrogen-bond donors (Lipinski definition) is 1. The third kappa shape index (κ3) is 3.65. The number of aliphatic hydroxyl groups is 1. The fourth-order valence-corrected chi connectivity index (χ4v) is 4.20. The van der Waals surface area contributed by atoms with Crippen LogP contribution in [0.5, 0.6) is 0 Å². The fourth-order valence-electron chi connectivity index (χ4n) is 3.41. The molecule has 0 amide bonds. The van der Waals surface area contributed by atoms with Crippen molar-refractivity contribution in [3.8, 4) is 17.5 Å². The minimum atomic E-state index is -0.0408. The standard InChI is InChI=1S/C19H21N7O2S/c1-12-13(7-9-28-12)17-22-24-19(25(17)2)29-11-15(27)14(10-20)18-23-21-16-6-4-3-5-8-26(16)18/h7,9,27H,3-6,8,11H2,1-2H3/b15-14-. The van der Waals surface area contributed by atoms with Crippen LogP contribution in [0.3, 0.4) is 0 Å². The van der Waals surface area contributed by atoms with Gasteiger partial charge in [-0.2, -0.15) is 5.26 Å². The molecule has 0 saturated carbocycles. The lowest BCUT2D eigenvalue weighted by atomic mass is 10.2. The lowest BCUT2D eigenvalue weighted by Gasteiger charge is -2.08. The largest absolute Gasteiger partial charge is 0.510 e.